The van der Waals surface area contributed by atoms with Gasteiger partial charge in [-0.15, -0.1) is 0 Å². The quantitative estimate of drug-likeness (QED) is 0.641. The zero-order valence-corrected chi connectivity index (χ0v) is 12.8. The van der Waals surface area contributed by atoms with Crippen LogP contribution in [0.1, 0.15) is 16.7 Å². The second-order valence-electron chi connectivity index (χ2n) is 4.20. The lowest BCUT2D eigenvalue weighted by Gasteiger charge is -2.12. The number of nitrogen functional groups attached to an aromatic ring is 1. The number of ether oxygens (including phenoxy) is 1. The highest BCUT2D eigenvalue weighted by Crippen LogP contribution is 2.35. The van der Waals surface area contributed by atoms with Crippen molar-refractivity contribution in [2.24, 2.45) is 0 Å². The summed E-state index contributed by atoms with van der Waals surface area (Å²) in [5.74, 6) is 0.925. The molecule has 2 aromatic carbocycles. The van der Waals surface area contributed by atoms with Crippen LogP contribution < -0.4 is 10.5 Å². The van der Waals surface area contributed by atoms with Crippen LogP contribution in [0.4, 0.5) is 5.69 Å². The third-order valence-corrected chi connectivity index (χ3v) is 3.47. The van der Waals surface area contributed by atoms with E-state index in [9.17, 15) is 0 Å². The molecule has 0 unspecified atom stereocenters. The molecule has 0 saturated heterocycles. The first-order valence-corrected chi connectivity index (χ1v) is 6.80. The van der Waals surface area contributed by atoms with Gasteiger partial charge in [-0.1, -0.05) is 6.07 Å². The van der Waals surface area contributed by atoms with Gasteiger partial charge in [-0.25, -0.2) is 0 Å². The maximum absolute atomic E-state index is 9.10. The maximum atomic E-state index is 9.10. The third kappa shape index (κ3) is 2.84. The molecule has 0 aliphatic rings. The summed E-state index contributed by atoms with van der Waals surface area (Å²) >= 11 is 2.06. The van der Waals surface area contributed by atoms with E-state index in [-0.39, 0.29) is 0 Å². The van der Waals surface area contributed by atoms with Crippen LogP contribution in [0, 0.1) is 33.2 Å². The molecule has 0 saturated carbocycles. The van der Waals surface area contributed by atoms with Gasteiger partial charge in [-0.05, 0) is 59.3 Å². The van der Waals surface area contributed by atoms with Gasteiger partial charge < -0.3 is 10.5 Å². The van der Waals surface area contributed by atoms with Crippen molar-refractivity contribution in [1.82, 2.24) is 0 Å². The SMILES string of the molecule is Cc1ccc(C#N)c(Oc2c(N)cc(C#N)cc2I)c1. The molecule has 0 amide bonds. The van der Waals surface area contributed by atoms with Gasteiger partial charge in [0.25, 0.3) is 0 Å². The van der Waals surface area contributed by atoms with Gasteiger partial charge in [-0.2, -0.15) is 10.5 Å². The van der Waals surface area contributed by atoms with Crippen LogP contribution in [-0.4, -0.2) is 0 Å². The smallest absolute Gasteiger partial charge is 0.163 e. The number of nitriles is 2. The summed E-state index contributed by atoms with van der Waals surface area (Å²) in [4.78, 5) is 0. The van der Waals surface area contributed by atoms with Gasteiger partial charge >= 0.3 is 0 Å². The number of rotatable bonds is 2. The van der Waals surface area contributed by atoms with Crippen molar-refractivity contribution in [3.05, 3.63) is 50.6 Å². The molecule has 0 spiro atoms. The summed E-state index contributed by atoms with van der Waals surface area (Å²) in [7, 11) is 0. The molecule has 0 bridgehead atoms. The first-order chi connectivity index (χ1) is 9.55. The van der Waals surface area contributed by atoms with Crippen molar-refractivity contribution < 1.29 is 4.74 Å². The highest BCUT2D eigenvalue weighted by atomic mass is 127. The number of aryl methyl sites for hydroxylation is 1. The van der Waals surface area contributed by atoms with Crippen LogP contribution in [-0.2, 0) is 0 Å². The van der Waals surface area contributed by atoms with Crippen LogP contribution in [0.15, 0.2) is 30.3 Å². The largest absolute Gasteiger partial charge is 0.453 e. The molecule has 0 heterocycles. The predicted octanol–water partition coefficient (Wildman–Crippen LogP) is 3.72. The number of hydrogen-bond acceptors (Lipinski definition) is 4. The molecule has 0 atom stereocenters. The normalized spacial score (nSPS) is 9.60. The van der Waals surface area contributed by atoms with Crippen LogP contribution in [0.25, 0.3) is 0 Å². The highest BCUT2D eigenvalue weighted by molar-refractivity contribution is 14.1. The summed E-state index contributed by atoms with van der Waals surface area (Å²) in [6.45, 7) is 1.92. The summed E-state index contributed by atoms with van der Waals surface area (Å²) < 4.78 is 6.50. The molecule has 0 aliphatic carbocycles. The average molecular weight is 375 g/mol. The molecular weight excluding hydrogens is 365 g/mol. The van der Waals surface area contributed by atoms with E-state index in [4.69, 9.17) is 21.0 Å². The molecule has 0 aromatic heterocycles. The van der Waals surface area contributed by atoms with E-state index in [0.717, 1.165) is 9.13 Å². The lowest BCUT2D eigenvalue weighted by atomic mass is 10.1. The third-order valence-electron chi connectivity index (χ3n) is 2.67. The fourth-order valence-electron chi connectivity index (χ4n) is 1.70. The average Bonchev–Trinajstić information content (AvgIpc) is 2.42. The van der Waals surface area contributed by atoms with Crippen LogP contribution in [0.2, 0.25) is 0 Å². The summed E-state index contributed by atoms with van der Waals surface area (Å²) in [5, 5.41) is 18.0. The Morgan fingerprint density at radius 1 is 1.15 bits per heavy atom. The highest BCUT2D eigenvalue weighted by Gasteiger charge is 2.12. The molecule has 98 valence electrons. The maximum Gasteiger partial charge on any atom is 0.163 e. The monoisotopic (exact) mass is 375 g/mol. The molecule has 4 nitrogen and oxygen atoms in total. The number of halogens is 1. The molecule has 2 N–H and O–H groups in total. The van der Waals surface area contributed by atoms with E-state index in [1.165, 1.54) is 0 Å². The Kier molecular flexibility index (Phi) is 4.11. The van der Waals surface area contributed by atoms with Gasteiger partial charge in [0.05, 0.1) is 26.5 Å². The Bertz CT molecular complexity index is 734. The minimum Gasteiger partial charge on any atom is -0.453 e. The van der Waals surface area contributed by atoms with E-state index < -0.39 is 0 Å². The zero-order chi connectivity index (χ0) is 14.7. The van der Waals surface area contributed by atoms with Crippen molar-refractivity contribution >= 4 is 28.3 Å². The minimum atomic E-state index is 0.374. The summed E-state index contributed by atoms with van der Waals surface area (Å²) in [5.41, 5.74) is 8.19. The van der Waals surface area contributed by atoms with E-state index >= 15 is 0 Å². The van der Waals surface area contributed by atoms with Gasteiger partial charge in [0.1, 0.15) is 11.8 Å². The molecule has 2 rings (SSSR count). The first kappa shape index (κ1) is 14.2. The lowest BCUT2D eigenvalue weighted by Crippen LogP contribution is -1.97. The topological polar surface area (TPSA) is 82.8 Å². The van der Waals surface area contributed by atoms with Crippen molar-refractivity contribution in [3.63, 3.8) is 0 Å². The van der Waals surface area contributed by atoms with E-state index in [0.29, 0.717) is 28.3 Å². The van der Waals surface area contributed by atoms with Gasteiger partial charge in [0, 0.05) is 0 Å². The molecule has 0 aliphatic heterocycles. The molecule has 2 aromatic rings. The van der Waals surface area contributed by atoms with Crippen molar-refractivity contribution in [3.8, 4) is 23.6 Å². The Hall–Kier alpha value is -2.25. The standard InChI is InChI=1S/C15H10IN3O/c1-9-2-3-11(8-18)14(4-9)20-15-12(16)5-10(7-17)6-13(15)19/h2-6H,19H2,1H3. The summed E-state index contributed by atoms with van der Waals surface area (Å²) in [6, 6.07) is 12.7. The molecule has 5 heteroatoms. The van der Waals surface area contributed by atoms with Gasteiger partial charge in [-0.3, -0.25) is 0 Å². The fourth-order valence-corrected chi connectivity index (χ4v) is 2.46. The number of anilines is 1. The van der Waals surface area contributed by atoms with Crippen molar-refractivity contribution in [2.75, 3.05) is 5.73 Å². The number of hydrogen-bond donors (Lipinski definition) is 1. The molecule has 0 radical (unpaired) electrons. The Morgan fingerprint density at radius 3 is 2.50 bits per heavy atom. The van der Waals surface area contributed by atoms with Gasteiger partial charge in [0.15, 0.2) is 5.75 Å². The number of benzene rings is 2. The number of nitrogens with zero attached hydrogens (tertiary/aromatic N) is 2. The summed E-state index contributed by atoms with van der Waals surface area (Å²) in [6.07, 6.45) is 0. The zero-order valence-electron chi connectivity index (χ0n) is 10.6. The Morgan fingerprint density at radius 2 is 1.90 bits per heavy atom. The fraction of sp³-hybridized carbons (Fsp3) is 0.0667. The first-order valence-electron chi connectivity index (χ1n) is 5.73. The predicted molar refractivity (Wildman–Crippen MR) is 84.3 cm³/mol. The second-order valence-corrected chi connectivity index (χ2v) is 5.36. The van der Waals surface area contributed by atoms with Crippen LogP contribution in [0.3, 0.4) is 0 Å². The Balaban J connectivity index is 2.49. The van der Waals surface area contributed by atoms with Crippen LogP contribution >= 0.6 is 22.6 Å². The van der Waals surface area contributed by atoms with E-state index in [2.05, 4.69) is 28.7 Å². The van der Waals surface area contributed by atoms with Crippen LogP contribution in [0.5, 0.6) is 11.5 Å². The molecule has 0 fully saturated rings. The lowest BCUT2D eigenvalue weighted by molar-refractivity contribution is 0.479. The molecule has 20 heavy (non-hydrogen) atoms. The number of nitrogens with two attached hydrogens (primary N) is 1. The van der Waals surface area contributed by atoms with E-state index in [1.54, 1.807) is 24.3 Å². The molecular formula is C15H10IN3O. The minimum absolute atomic E-state index is 0.374. The van der Waals surface area contributed by atoms with Crippen molar-refractivity contribution in [1.29, 1.82) is 10.5 Å². The van der Waals surface area contributed by atoms with Gasteiger partial charge in [0.2, 0.25) is 0 Å². The van der Waals surface area contributed by atoms with E-state index in [1.807, 2.05) is 19.1 Å². The second kappa shape index (κ2) is 5.81. The van der Waals surface area contributed by atoms with Crippen molar-refractivity contribution in [2.45, 2.75) is 6.92 Å². The Labute approximate surface area is 130 Å².